The second kappa shape index (κ2) is 19.8. The van der Waals surface area contributed by atoms with Crippen LogP contribution in [0.4, 0.5) is 51.2 Å². The predicted octanol–water partition coefficient (Wildman–Crippen LogP) is 19.4. The predicted molar refractivity (Wildman–Crippen MR) is 347 cm³/mol. The van der Waals surface area contributed by atoms with Crippen LogP contribution in [0.15, 0.2) is 235 Å². The van der Waals surface area contributed by atoms with Gasteiger partial charge < -0.3 is 19.1 Å². The minimum Gasteiger partial charge on any atom is -0.468 e. The number of hydrogen-bond acceptors (Lipinski definition) is 4. The van der Waals surface area contributed by atoms with Crippen molar-refractivity contribution in [1.29, 1.82) is 0 Å². The highest BCUT2D eigenvalue weighted by Crippen LogP contribution is 2.51. The number of nitrogens with zero attached hydrogens (tertiary/aromatic N) is 3. The van der Waals surface area contributed by atoms with Crippen molar-refractivity contribution < 1.29 is 4.42 Å². The second-order valence-corrected chi connectivity index (χ2v) is 25.3. The smallest absolute Gasteiger partial charge is 0.297 e. The van der Waals surface area contributed by atoms with Crippen molar-refractivity contribution in [2.45, 2.75) is 91.9 Å². The summed E-state index contributed by atoms with van der Waals surface area (Å²) in [5, 5.41) is 1.11. The minimum atomic E-state index is -0.259. The zero-order chi connectivity index (χ0) is 56.0. The standard InChI is InChI=1S/C76H70BN3O/c1-11-50-30-37-59(38-31-50)80-69-47-53(62-27-19-18-26-61(62)51-22-14-12-15-23-51)46-68-71(69)77(73-72(80)64-48-56(76(8,9)10)36-45-70(64)81-73)65-44-43-60(49-67(65)79(68)58-41-34-55(35-42-58)75(5,6)7)78(57-39-32-54(33-40-57)74(2,3)4)66-29-21-20-28-63(66)52-24-16-13-17-25-52/h12-49H,11H2,1-10H3. The number of rotatable bonds is 9. The van der Waals surface area contributed by atoms with Crippen LogP contribution in [0.1, 0.15) is 91.5 Å². The molecule has 2 aliphatic rings. The molecular formula is C76H70BN3O. The van der Waals surface area contributed by atoms with E-state index in [-0.39, 0.29) is 23.0 Å². The van der Waals surface area contributed by atoms with Crippen LogP contribution >= 0.6 is 0 Å². The maximum absolute atomic E-state index is 7.50. The van der Waals surface area contributed by atoms with E-state index in [1.807, 2.05) is 0 Å². The summed E-state index contributed by atoms with van der Waals surface area (Å²) in [5.74, 6) is 0. The van der Waals surface area contributed by atoms with Crippen molar-refractivity contribution in [2.75, 3.05) is 14.7 Å². The van der Waals surface area contributed by atoms with Crippen molar-refractivity contribution in [3.05, 3.63) is 253 Å². The first-order chi connectivity index (χ1) is 39.0. The van der Waals surface area contributed by atoms with Gasteiger partial charge in [0.25, 0.3) is 6.71 Å². The molecule has 0 N–H and O–H groups in total. The Kier molecular flexibility index (Phi) is 12.6. The van der Waals surface area contributed by atoms with Gasteiger partial charge in [-0.05, 0) is 163 Å². The molecule has 10 aromatic carbocycles. The molecule has 0 spiro atoms. The number of hydrogen-bond donors (Lipinski definition) is 0. The van der Waals surface area contributed by atoms with Crippen LogP contribution < -0.4 is 31.3 Å². The molecule has 0 aliphatic carbocycles. The Hall–Kier alpha value is -8.80. The second-order valence-electron chi connectivity index (χ2n) is 25.3. The van der Waals surface area contributed by atoms with Gasteiger partial charge in [0.15, 0.2) is 0 Å². The van der Waals surface area contributed by atoms with Crippen LogP contribution in [0.5, 0.6) is 0 Å². The highest BCUT2D eigenvalue weighted by molar-refractivity contribution is 7.00. The quantitative estimate of drug-likeness (QED) is 0.134. The lowest BCUT2D eigenvalue weighted by molar-refractivity contribution is 0.590. The van der Waals surface area contributed by atoms with E-state index in [9.17, 15) is 0 Å². The first-order valence-corrected chi connectivity index (χ1v) is 28.9. The highest BCUT2D eigenvalue weighted by Gasteiger charge is 2.47. The summed E-state index contributed by atoms with van der Waals surface area (Å²) in [6, 6.07) is 86.2. The fourth-order valence-electron chi connectivity index (χ4n) is 12.4. The molecule has 0 radical (unpaired) electrons. The summed E-state index contributed by atoms with van der Waals surface area (Å²) in [4.78, 5) is 7.55. The molecule has 13 rings (SSSR count). The number of benzene rings is 10. The molecule has 0 saturated heterocycles. The van der Waals surface area contributed by atoms with Crippen molar-refractivity contribution in [2.24, 2.45) is 0 Å². The van der Waals surface area contributed by atoms with E-state index in [0.29, 0.717) is 0 Å². The Morgan fingerprint density at radius 1 is 0.420 bits per heavy atom. The van der Waals surface area contributed by atoms with Gasteiger partial charge in [-0.1, -0.05) is 221 Å². The fourth-order valence-corrected chi connectivity index (χ4v) is 12.4. The first-order valence-electron chi connectivity index (χ1n) is 28.9. The molecule has 0 amide bonds. The minimum absolute atomic E-state index is 0.00870. The van der Waals surface area contributed by atoms with Crippen molar-refractivity contribution in [1.82, 2.24) is 0 Å². The van der Waals surface area contributed by atoms with Crippen LogP contribution in [-0.2, 0) is 22.7 Å². The summed E-state index contributed by atoms with van der Waals surface area (Å²) in [7, 11) is 0. The van der Waals surface area contributed by atoms with Gasteiger partial charge in [-0.15, -0.1) is 0 Å². The number of aryl methyl sites for hydroxylation is 1. The maximum atomic E-state index is 7.50. The SMILES string of the molecule is CCc1ccc(N2c3cc(-c4ccccc4-c4ccccc4)cc4c3B(c3ccc(N(c5ccc(C(C)(C)C)cc5)c5ccccc5-c5ccccc5)cc3N4c3ccc(C(C)(C)C)cc3)c3oc4ccc(C(C)(C)C)cc4c32)cc1. The number of para-hydroxylation sites is 1. The summed E-state index contributed by atoms with van der Waals surface area (Å²) in [6.07, 6.45) is 0.956. The summed E-state index contributed by atoms with van der Waals surface area (Å²) < 4.78 is 7.50. The average Bonchev–Trinajstić information content (AvgIpc) is 3.54. The molecule has 4 nitrogen and oxygen atoms in total. The van der Waals surface area contributed by atoms with E-state index < -0.39 is 0 Å². The van der Waals surface area contributed by atoms with E-state index in [0.717, 1.165) is 90.9 Å². The van der Waals surface area contributed by atoms with Crippen LogP contribution in [0.25, 0.3) is 44.3 Å². The van der Waals surface area contributed by atoms with Crippen molar-refractivity contribution in [3.63, 3.8) is 0 Å². The normalized spacial score (nSPS) is 13.0. The van der Waals surface area contributed by atoms with Crippen LogP contribution in [0, 0.1) is 0 Å². The van der Waals surface area contributed by atoms with Crippen LogP contribution in [0.3, 0.4) is 0 Å². The molecule has 3 heterocycles. The summed E-state index contributed by atoms with van der Waals surface area (Å²) in [6.45, 7) is 22.6. The number of furan rings is 1. The molecule has 2 aliphatic heterocycles. The Morgan fingerprint density at radius 3 is 1.52 bits per heavy atom. The fraction of sp³-hybridized carbons (Fsp3) is 0.184. The molecule has 398 valence electrons. The lowest BCUT2D eigenvalue weighted by atomic mass is 9.35. The third kappa shape index (κ3) is 9.14. The van der Waals surface area contributed by atoms with Crippen molar-refractivity contribution >= 4 is 85.5 Å². The Labute approximate surface area is 480 Å². The van der Waals surface area contributed by atoms with Gasteiger partial charge in [0, 0.05) is 50.8 Å². The molecule has 0 fully saturated rings. The zero-order valence-electron chi connectivity index (χ0n) is 48.5. The molecular weight excluding hydrogens is 982 g/mol. The lowest BCUT2D eigenvalue weighted by Crippen LogP contribution is -2.61. The van der Waals surface area contributed by atoms with Crippen LogP contribution in [0.2, 0.25) is 0 Å². The van der Waals surface area contributed by atoms with E-state index in [1.165, 1.54) is 49.9 Å². The zero-order valence-corrected chi connectivity index (χ0v) is 48.5. The third-order valence-corrected chi connectivity index (χ3v) is 16.9. The van der Waals surface area contributed by atoms with Gasteiger partial charge in [-0.2, -0.15) is 0 Å². The highest BCUT2D eigenvalue weighted by atomic mass is 16.3. The topological polar surface area (TPSA) is 22.9 Å². The molecule has 0 saturated carbocycles. The van der Waals surface area contributed by atoms with Gasteiger partial charge in [0.05, 0.1) is 17.0 Å². The van der Waals surface area contributed by atoms with E-state index >= 15 is 0 Å². The average molecular weight is 1050 g/mol. The van der Waals surface area contributed by atoms with Gasteiger partial charge in [0.2, 0.25) is 0 Å². The third-order valence-electron chi connectivity index (χ3n) is 16.9. The van der Waals surface area contributed by atoms with E-state index in [2.05, 4.69) is 314 Å². The Bertz CT molecular complexity index is 4140. The Balaban J connectivity index is 1.15. The van der Waals surface area contributed by atoms with Crippen molar-refractivity contribution in [3.8, 4) is 33.4 Å². The molecule has 0 unspecified atom stereocenters. The largest absolute Gasteiger partial charge is 0.468 e. The van der Waals surface area contributed by atoms with Gasteiger partial charge in [-0.3, -0.25) is 0 Å². The Morgan fingerprint density at radius 2 is 0.914 bits per heavy atom. The van der Waals surface area contributed by atoms with E-state index in [4.69, 9.17) is 4.42 Å². The molecule has 81 heavy (non-hydrogen) atoms. The lowest BCUT2D eigenvalue weighted by Gasteiger charge is -2.43. The molecule has 11 aromatic rings. The monoisotopic (exact) mass is 1050 g/mol. The molecule has 5 heteroatoms. The summed E-state index contributed by atoms with van der Waals surface area (Å²) >= 11 is 0. The van der Waals surface area contributed by atoms with Gasteiger partial charge in [0.1, 0.15) is 5.58 Å². The van der Waals surface area contributed by atoms with Crippen LogP contribution in [-0.4, -0.2) is 6.71 Å². The van der Waals surface area contributed by atoms with E-state index in [1.54, 1.807) is 0 Å². The first kappa shape index (κ1) is 51.6. The van der Waals surface area contributed by atoms with Gasteiger partial charge in [-0.25, -0.2) is 0 Å². The number of anilines is 9. The molecule has 0 atom stereocenters. The maximum Gasteiger partial charge on any atom is 0.297 e. The molecule has 0 bridgehead atoms. The van der Waals surface area contributed by atoms with Gasteiger partial charge >= 0.3 is 0 Å². The molecule has 1 aromatic heterocycles. The number of fused-ring (bicyclic) bond motifs is 6. The summed E-state index contributed by atoms with van der Waals surface area (Å²) in [5.41, 5.74) is 26.1.